The molecular weight excluding hydrogens is 276 g/mol. The first-order chi connectivity index (χ1) is 10.1. The molecule has 3 N–H and O–H groups in total. The standard InChI is InChI=1S/C15H15F2N3O/c16-10-3-4-11(17)13(7-10)19-14-6-5-12(18)15(20-14)21-8-9-1-2-9/h3-7,9H,1-2,8,18H2,(H,19,20). The van der Waals surface area contributed by atoms with Crippen molar-refractivity contribution in [3.63, 3.8) is 0 Å². The van der Waals surface area contributed by atoms with Crippen molar-refractivity contribution in [1.29, 1.82) is 0 Å². The molecule has 1 aliphatic rings. The molecule has 2 aromatic rings. The van der Waals surface area contributed by atoms with Crippen LogP contribution in [0.1, 0.15) is 12.8 Å². The van der Waals surface area contributed by atoms with E-state index >= 15 is 0 Å². The largest absolute Gasteiger partial charge is 0.476 e. The fraction of sp³-hybridized carbons (Fsp3) is 0.267. The van der Waals surface area contributed by atoms with E-state index in [2.05, 4.69) is 10.3 Å². The van der Waals surface area contributed by atoms with E-state index in [1.165, 1.54) is 0 Å². The van der Waals surface area contributed by atoms with Gasteiger partial charge in [0.05, 0.1) is 18.0 Å². The van der Waals surface area contributed by atoms with Crippen LogP contribution < -0.4 is 15.8 Å². The topological polar surface area (TPSA) is 60.2 Å². The van der Waals surface area contributed by atoms with Gasteiger partial charge in [-0.1, -0.05) is 0 Å². The second kappa shape index (κ2) is 5.55. The number of benzene rings is 1. The van der Waals surface area contributed by atoms with Gasteiger partial charge in [0.2, 0.25) is 5.88 Å². The Hall–Kier alpha value is -2.37. The maximum absolute atomic E-state index is 13.6. The monoisotopic (exact) mass is 291 g/mol. The molecule has 0 amide bonds. The number of hydrogen-bond acceptors (Lipinski definition) is 4. The number of nitrogens with zero attached hydrogens (tertiary/aromatic N) is 1. The average Bonchev–Trinajstić information content (AvgIpc) is 3.27. The third-order valence-corrected chi connectivity index (χ3v) is 3.23. The van der Waals surface area contributed by atoms with E-state index in [0.29, 0.717) is 29.9 Å². The molecule has 6 heteroatoms. The van der Waals surface area contributed by atoms with Gasteiger partial charge in [-0.05, 0) is 43.0 Å². The molecule has 0 spiro atoms. The van der Waals surface area contributed by atoms with Crippen LogP contribution in [0.15, 0.2) is 30.3 Å². The number of anilines is 3. The van der Waals surface area contributed by atoms with Crippen LogP contribution in [0.2, 0.25) is 0 Å². The number of aromatic nitrogens is 1. The Labute approximate surface area is 120 Å². The van der Waals surface area contributed by atoms with Crippen LogP contribution in [-0.2, 0) is 0 Å². The molecule has 1 aliphatic carbocycles. The molecule has 0 aliphatic heterocycles. The predicted octanol–water partition coefficient (Wildman–Crippen LogP) is 3.47. The van der Waals surface area contributed by atoms with Crippen molar-refractivity contribution in [2.24, 2.45) is 5.92 Å². The highest BCUT2D eigenvalue weighted by Crippen LogP contribution is 2.31. The Kier molecular flexibility index (Phi) is 3.60. The third-order valence-electron chi connectivity index (χ3n) is 3.23. The molecule has 0 bridgehead atoms. The summed E-state index contributed by atoms with van der Waals surface area (Å²) in [5, 5.41) is 2.72. The van der Waals surface area contributed by atoms with Crippen LogP contribution in [0.25, 0.3) is 0 Å². The van der Waals surface area contributed by atoms with Crippen molar-refractivity contribution >= 4 is 17.2 Å². The van der Waals surface area contributed by atoms with Gasteiger partial charge < -0.3 is 15.8 Å². The average molecular weight is 291 g/mol. The normalized spacial score (nSPS) is 14.0. The summed E-state index contributed by atoms with van der Waals surface area (Å²) in [4.78, 5) is 4.19. The van der Waals surface area contributed by atoms with Gasteiger partial charge in [-0.2, -0.15) is 4.98 Å². The number of pyridine rings is 1. The fourth-order valence-electron chi connectivity index (χ4n) is 1.85. The molecule has 1 aromatic heterocycles. The van der Waals surface area contributed by atoms with Gasteiger partial charge >= 0.3 is 0 Å². The molecule has 0 saturated heterocycles. The van der Waals surface area contributed by atoms with Crippen molar-refractivity contribution in [3.8, 4) is 5.88 Å². The zero-order valence-electron chi connectivity index (χ0n) is 11.3. The third kappa shape index (κ3) is 3.39. The van der Waals surface area contributed by atoms with Crippen molar-refractivity contribution in [3.05, 3.63) is 42.0 Å². The number of nitrogens with two attached hydrogens (primary N) is 1. The quantitative estimate of drug-likeness (QED) is 0.885. The highest BCUT2D eigenvalue weighted by Gasteiger charge is 2.22. The molecule has 4 nitrogen and oxygen atoms in total. The van der Waals surface area contributed by atoms with E-state index in [1.807, 2.05) is 0 Å². The Morgan fingerprint density at radius 3 is 2.81 bits per heavy atom. The van der Waals surface area contributed by atoms with Crippen molar-refractivity contribution in [1.82, 2.24) is 4.98 Å². The van der Waals surface area contributed by atoms with E-state index in [9.17, 15) is 8.78 Å². The maximum atomic E-state index is 13.6. The maximum Gasteiger partial charge on any atom is 0.239 e. The number of nitrogens with one attached hydrogen (secondary N) is 1. The molecule has 0 atom stereocenters. The van der Waals surface area contributed by atoms with Crippen LogP contribution in [-0.4, -0.2) is 11.6 Å². The number of nitrogen functional groups attached to an aromatic ring is 1. The Morgan fingerprint density at radius 1 is 1.24 bits per heavy atom. The lowest BCUT2D eigenvalue weighted by Gasteiger charge is -2.11. The van der Waals surface area contributed by atoms with E-state index in [0.717, 1.165) is 31.0 Å². The van der Waals surface area contributed by atoms with Gasteiger partial charge in [-0.3, -0.25) is 0 Å². The molecule has 1 saturated carbocycles. The minimum Gasteiger partial charge on any atom is -0.476 e. The number of rotatable bonds is 5. The number of hydrogen-bond donors (Lipinski definition) is 2. The van der Waals surface area contributed by atoms with Crippen LogP contribution in [0.3, 0.4) is 0 Å². The Balaban J connectivity index is 1.78. The van der Waals surface area contributed by atoms with Crippen molar-refractivity contribution in [2.45, 2.75) is 12.8 Å². The van der Waals surface area contributed by atoms with Gasteiger partial charge in [0, 0.05) is 6.07 Å². The predicted molar refractivity (Wildman–Crippen MR) is 76.5 cm³/mol. The Bertz CT molecular complexity index is 659. The first-order valence-corrected chi connectivity index (χ1v) is 6.73. The molecule has 1 aromatic carbocycles. The molecule has 3 rings (SSSR count). The molecule has 1 fully saturated rings. The van der Waals surface area contributed by atoms with Gasteiger partial charge in [-0.25, -0.2) is 8.78 Å². The van der Waals surface area contributed by atoms with Crippen LogP contribution in [0, 0.1) is 17.6 Å². The molecular formula is C15H15F2N3O. The van der Waals surface area contributed by atoms with Crippen LogP contribution in [0.4, 0.5) is 26.0 Å². The van der Waals surface area contributed by atoms with Gasteiger partial charge in [0.1, 0.15) is 17.5 Å². The summed E-state index contributed by atoms with van der Waals surface area (Å²) >= 11 is 0. The number of ether oxygens (including phenoxy) is 1. The summed E-state index contributed by atoms with van der Waals surface area (Å²) in [6.07, 6.45) is 2.32. The van der Waals surface area contributed by atoms with Crippen molar-refractivity contribution in [2.75, 3.05) is 17.7 Å². The molecule has 21 heavy (non-hydrogen) atoms. The lowest BCUT2D eigenvalue weighted by Crippen LogP contribution is -2.05. The highest BCUT2D eigenvalue weighted by atomic mass is 19.1. The van der Waals surface area contributed by atoms with E-state index in [-0.39, 0.29) is 5.69 Å². The Morgan fingerprint density at radius 2 is 2.05 bits per heavy atom. The van der Waals surface area contributed by atoms with Gasteiger partial charge in [0.15, 0.2) is 0 Å². The lowest BCUT2D eigenvalue weighted by molar-refractivity contribution is 0.290. The van der Waals surface area contributed by atoms with E-state index in [4.69, 9.17) is 10.5 Å². The second-order valence-corrected chi connectivity index (χ2v) is 5.09. The van der Waals surface area contributed by atoms with Crippen molar-refractivity contribution < 1.29 is 13.5 Å². The zero-order chi connectivity index (χ0) is 14.8. The summed E-state index contributed by atoms with van der Waals surface area (Å²) in [6.45, 7) is 0.578. The van der Waals surface area contributed by atoms with Gasteiger partial charge in [-0.15, -0.1) is 0 Å². The fourth-order valence-corrected chi connectivity index (χ4v) is 1.85. The number of halogens is 2. The molecule has 110 valence electrons. The SMILES string of the molecule is Nc1ccc(Nc2cc(F)ccc2F)nc1OCC1CC1. The lowest BCUT2D eigenvalue weighted by atomic mass is 10.3. The zero-order valence-corrected chi connectivity index (χ0v) is 11.3. The van der Waals surface area contributed by atoms with Crippen LogP contribution >= 0.6 is 0 Å². The summed E-state index contributed by atoms with van der Waals surface area (Å²) in [7, 11) is 0. The summed E-state index contributed by atoms with van der Waals surface area (Å²) in [5.41, 5.74) is 6.23. The molecule has 0 unspecified atom stereocenters. The minimum absolute atomic E-state index is 0.0143. The van der Waals surface area contributed by atoms with Gasteiger partial charge in [0.25, 0.3) is 0 Å². The van der Waals surface area contributed by atoms with E-state index < -0.39 is 11.6 Å². The molecule has 0 radical (unpaired) electrons. The second-order valence-electron chi connectivity index (χ2n) is 5.09. The smallest absolute Gasteiger partial charge is 0.239 e. The first-order valence-electron chi connectivity index (χ1n) is 6.73. The van der Waals surface area contributed by atoms with E-state index in [1.54, 1.807) is 12.1 Å². The molecule has 1 heterocycles. The van der Waals surface area contributed by atoms with Crippen LogP contribution in [0.5, 0.6) is 5.88 Å². The minimum atomic E-state index is -0.560. The summed E-state index contributed by atoms with van der Waals surface area (Å²) < 4.78 is 32.3. The summed E-state index contributed by atoms with van der Waals surface area (Å²) in [5.74, 6) is 0.140. The summed E-state index contributed by atoms with van der Waals surface area (Å²) in [6, 6.07) is 6.39. The highest BCUT2D eigenvalue weighted by molar-refractivity contribution is 5.61. The first kappa shape index (κ1) is 13.6.